The average molecular weight is 423 g/mol. The van der Waals surface area contributed by atoms with Gasteiger partial charge in [0.15, 0.2) is 11.7 Å². The molecular formula is C22H21N3O4S. The van der Waals surface area contributed by atoms with Crippen molar-refractivity contribution in [2.75, 3.05) is 18.5 Å². The fraction of sp³-hybridized carbons (Fsp3) is 0.182. The summed E-state index contributed by atoms with van der Waals surface area (Å²) in [5, 5.41) is 7.34. The molecule has 0 bridgehead atoms. The van der Waals surface area contributed by atoms with Gasteiger partial charge in [0.05, 0.1) is 12.1 Å². The predicted molar refractivity (Wildman–Crippen MR) is 115 cm³/mol. The molecule has 2 aromatic carbocycles. The number of nitrogens with zero attached hydrogens (tertiary/aromatic N) is 1. The van der Waals surface area contributed by atoms with Gasteiger partial charge in [-0.1, -0.05) is 60.2 Å². The van der Waals surface area contributed by atoms with Crippen LogP contribution in [0.5, 0.6) is 0 Å². The lowest BCUT2D eigenvalue weighted by atomic mass is 10.1. The molecule has 3 rings (SSSR count). The summed E-state index contributed by atoms with van der Waals surface area (Å²) in [6.45, 7) is 1.26. The lowest BCUT2D eigenvalue weighted by molar-refractivity contribution is -0.147. The van der Waals surface area contributed by atoms with Gasteiger partial charge < -0.3 is 10.1 Å². The fourth-order valence-electron chi connectivity index (χ4n) is 2.55. The van der Waals surface area contributed by atoms with Gasteiger partial charge in [-0.25, -0.2) is 4.98 Å². The maximum absolute atomic E-state index is 12.0. The Balaban J connectivity index is 1.38. The maximum atomic E-state index is 12.0. The molecule has 0 aliphatic carbocycles. The SMILES string of the molecule is Cc1ccc(-c2csc(NC(=O)COC(=O)CNC(=O)Cc3ccccc3)n2)cc1. The van der Waals surface area contributed by atoms with Gasteiger partial charge >= 0.3 is 5.97 Å². The minimum Gasteiger partial charge on any atom is -0.454 e. The minimum absolute atomic E-state index is 0.169. The second-order valence-electron chi connectivity index (χ2n) is 6.55. The summed E-state index contributed by atoms with van der Waals surface area (Å²) in [7, 11) is 0. The number of thiazole rings is 1. The largest absolute Gasteiger partial charge is 0.454 e. The van der Waals surface area contributed by atoms with Gasteiger partial charge in [-0.3, -0.25) is 19.7 Å². The first-order valence-electron chi connectivity index (χ1n) is 9.28. The number of aryl methyl sites for hydroxylation is 1. The second-order valence-corrected chi connectivity index (χ2v) is 7.41. The number of amides is 2. The van der Waals surface area contributed by atoms with E-state index >= 15 is 0 Å². The summed E-state index contributed by atoms with van der Waals surface area (Å²) in [6, 6.07) is 17.1. The Morgan fingerprint density at radius 1 is 1.00 bits per heavy atom. The summed E-state index contributed by atoms with van der Waals surface area (Å²) in [6.07, 6.45) is 0.169. The number of hydrogen-bond acceptors (Lipinski definition) is 6. The van der Waals surface area contributed by atoms with E-state index in [1.807, 2.05) is 66.9 Å². The van der Waals surface area contributed by atoms with Crippen LogP contribution in [0.1, 0.15) is 11.1 Å². The third-order valence-corrected chi connectivity index (χ3v) is 4.86. The van der Waals surface area contributed by atoms with Gasteiger partial charge in [-0.05, 0) is 12.5 Å². The Morgan fingerprint density at radius 3 is 2.47 bits per heavy atom. The van der Waals surface area contributed by atoms with Crippen molar-refractivity contribution in [1.82, 2.24) is 10.3 Å². The summed E-state index contributed by atoms with van der Waals surface area (Å²) in [4.78, 5) is 39.9. The molecule has 0 saturated carbocycles. The molecule has 0 saturated heterocycles. The van der Waals surface area contributed by atoms with E-state index in [1.165, 1.54) is 11.3 Å². The molecule has 0 spiro atoms. The zero-order valence-corrected chi connectivity index (χ0v) is 17.2. The van der Waals surface area contributed by atoms with E-state index < -0.39 is 18.5 Å². The fourth-order valence-corrected chi connectivity index (χ4v) is 3.29. The first kappa shape index (κ1) is 21.2. The van der Waals surface area contributed by atoms with Crippen LogP contribution in [-0.2, 0) is 25.5 Å². The monoisotopic (exact) mass is 423 g/mol. The van der Waals surface area contributed by atoms with E-state index in [1.54, 1.807) is 0 Å². The minimum atomic E-state index is -0.689. The van der Waals surface area contributed by atoms with Crippen molar-refractivity contribution < 1.29 is 19.1 Å². The molecule has 0 radical (unpaired) electrons. The first-order valence-corrected chi connectivity index (χ1v) is 10.2. The highest BCUT2D eigenvalue weighted by Crippen LogP contribution is 2.25. The number of esters is 1. The second kappa shape index (κ2) is 10.3. The molecule has 0 aliphatic rings. The third-order valence-electron chi connectivity index (χ3n) is 4.10. The molecule has 0 atom stereocenters. The maximum Gasteiger partial charge on any atom is 0.325 e. The van der Waals surface area contributed by atoms with Gasteiger partial charge in [-0.2, -0.15) is 0 Å². The van der Waals surface area contributed by atoms with Crippen LogP contribution >= 0.6 is 11.3 Å². The van der Waals surface area contributed by atoms with Crippen molar-refractivity contribution in [1.29, 1.82) is 0 Å². The Bertz CT molecular complexity index is 1020. The lowest BCUT2D eigenvalue weighted by Gasteiger charge is -2.06. The molecule has 0 fully saturated rings. The van der Waals surface area contributed by atoms with Crippen LogP contribution in [0.25, 0.3) is 11.3 Å². The Kier molecular flexibility index (Phi) is 7.29. The van der Waals surface area contributed by atoms with E-state index in [0.29, 0.717) is 5.13 Å². The number of carbonyl (C=O) groups is 3. The van der Waals surface area contributed by atoms with E-state index in [0.717, 1.165) is 22.4 Å². The summed E-state index contributed by atoms with van der Waals surface area (Å²) in [5.41, 5.74) is 3.71. The zero-order valence-electron chi connectivity index (χ0n) is 16.4. The number of benzene rings is 2. The molecular weight excluding hydrogens is 402 g/mol. The number of rotatable bonds is 8. The van der Waals surface area contributed by atoms with Crippen molar-refractivity contribution in [3.05, 3.63) is 71.1 Å². The van der Waals surface area contributed by atoms with E-state index in [9.17, 15) is 14.4 Å². The van der Waals surface area contributed by atoms with E-state index in [4.69, 9.17) is 4.74 Å². The van der Waals surface area contributed by atoms with Crippen molar-refractivity contribution >= 4 is 34.3 Å². The molecule has 154 valence electrons. The van der Waals surface area contributed by atoms with Crippen molar-refractivity contribution in [2.45, 2.75) is 13.3 Å². The lowest BCUT2D eigenvalue weighted by Crippen LogP contribution is -2.33. The average Bonchev–Trinajstić information content (AvgIpc) is 3.20. The number of nitrogens with one attached hydrogen (secondary N) is 2. The molecule has 1 aromatic heterocycles. The van der Waals surface area contributed by atoms with Crippen LogP contribution in [0.3, 0.4) is 0 Å². The molecule has 2 amide bonds. The molecule has 0 unspecified atom stereocenters. The van der Waals surface area contributed by atoms with E-state index in [2.05, 4.69) is 15.6 Å². The topological polar surface area (TPSA) is 97.4 Å². The van der Waals surface area contributed by atoms with Crippen molar-refractivity contribution in [3.63, 3.8) is 0 Å². The highest BCUT2D eigenvalue weighted by atomic mass is 32.1. The predicted octanol–water partition coefficient (Wildman–Crippen LogP) is 2.96. The standard InChI is InChI=1S/C22H21N3O4S/c1-15-7-9-17(10-8-15)18-14-30-22(24-18)25-20(27)13-29-21(28)12-23-19(26)11-16-5-3-2-4-6-16/h2-10,14H,11-13H2,1H3,(H,23,26)(H,24,25,27). The van der Waals surface area contributed by atoms with Gasteiger partial charge in [0.25, 0.3) is 5.91 Å². The van der Waals surface area contributed by atoms with Crippen molar-refractivity contribution in [3.8, 4) is 11.3 Å². The van der Waals surface area contributed by atoms with Crippen LogP contribution in [0, 0.1) is 6.92 Å². The summed E-state index contributed by atoms with van der Waals surface area (Å²) < 4.78 is 4.89. The van der Waals surface area contributed by atoms with E-state index in [-0.39, 0.29) is 18.9 Å². The molecule has 7 nitrogen and oxygen atoms in total. The third kappa shape index (κ3) is 6.52. The molecule has 3 aromatic rings. The Hall–Kier alpha value is -3.52. The number of hydrogen-bond donors (Lipinski definition) is 2. The number of ether oxygens (including phenoxy) is 1. The summed E-state index contributed by atoms with van der Waals surface area (Å²) in [5.74, 6) is -1.48. The molecule has 8 heteroatoms. The van der Waals surface area contributed by atoms with Crippen LogP contribution in [-0.4, -0.2) is 35.9 Å². The number of aromatic nitrogens is 1. The van der Waals surface area contributed by atoms with Crippen LogP contribution < -0.4 is 10.6 Å². The van der Waals surface area contributed by atoms with Crippen LogP contribution in [0.15, 0.2) is 60.0 Å². The van der Waals surface area contributed by atoms with Gasteiger partial charge in [0.2, 0.25) is 5.91 Å². The molecule has 0 aliphatic heterocycles. The Labute approximate surface area is 178 Å². The zero-order chi connectivity index (χ0) is 21.3. The molecule has 30 heavy (non-hydrogen) atoms. The highest BCUT2D eigenvalue weighted by molar-refractivity contribution is 7.14. The number of carbonyl (C=O) groups excluding carboxylic acids is 3. The first-order chi connectivity index (χ1) is 14.5. The Morgan fingerprint density at radius 2 is 1.73 bits per heavy atom. The van der Waals surface area contributed by atoms with Gasteiger partial charge in [0.1, 0.15) is 6.54 Å². The molecule has 2 N–H and O–H groups in total. The summed E-state index contributed by atoms with van der Waals surface area (Å²) >= 11 is 1.29. The van der Waals surface area contributed by atoms with Gasteiger partial charge in [0, 0.05) is 10.9 Å². The number of anilines is 1. The van der Waals surface area contributed by atoms with Crippen LogP contribution in [0.4, 0.5) is 5.13 Å². The van der Waals surface area contributed by atoms with Gasteiger partial charge in [-0.15, -0.1) is 11.3 Å². The normalized spacial score (nSPS) is 10.3. The highest BCUT2D eigenvalue weighted by Gasteiger charge is 2.12. The smallest absolute Gasteiger partial charge is 0.325 e. The quantitative estimate of drug-likeness (QED) is 0.543. The van der Waals surface area contributed by atoms with Crippen LogP contribution in [0.2, 0.25) is 0 Å². The van der Waals surface area contributed by atoms with Crippen molar-refractivity contribution in [2.24, 2.45) is 0 Å². The molecule has 1 heterocycles.